The van der Waals surface area contributed by atoms with Crippen LogP contribution in [0.4, 0.5) is 4.39 Å². The molecule has 4 nitrogen and oxygen atoms in total. The third-order valence-corrected chi connectivity index (χ3v) is 3.85. The van der Waals surface area contributed by atoms with E-state index in [1.807, 2.05) is 6.92 Å². The van der Waals surface area contributed by atoms with Crippen molar-refractivity contribution in [3.63, 3.8) is 0 Å². The summed E-state index contributed by atoms with van der Waals surface area (Å²) in [7, 11) is 0. The number of benzene rings is 1. The lowest BCUT2D eigenvalue weighted by atomic mass is 9.95. The number of hydrogen-bond acceptors (Lipinski definition) is 3. The van der Waals surface area contributed by atoms with Crippen molar-refractivity contribution in [3.8, 4) is 0 Å². The maximum atomic E-state index is 13.0. The lowest BCUT2D eigenvalue weighted by molar-refractivity contribution is -0.144. The molecule has 22 heavy (non-hydrogen) atoms. The van der Waals surface area contributed by atoms with Crippen LogP contribution in [0.5, 0.6) is 0 Å². The van der Waals surface area contributed by atoms with Crippen LogP contribution in [0.3, 0.4) is 0 Å². The minimum absolute atomic E-state index is 0. The van der Waals surface area contributed by atoms with Gasteiger partial charge in [-0.25, -0.2) is 4.39 Å². The van der Waals surface area contributed by atoms with Gasteiger partial charge in [-0.3, -0.25) is 4.79 Å². The third kappa shape index (κ3) is 4.41. The Hall–Kier alpha value is -1.17. The highest BCUT2D eigenvalue weighted by molar-refractivity contribution is 5.86. The number of nitrogens with zero attached hydrogens (tertiary/aromatic N) is 1. The molecule has 0 spiro atoms. The highest BCUT2D eigenvalue weighted by Gasteiger charge is 2.35. The summed E-state index contributed by atoms with van der Waals surface area (Å²) >= 11 is 0. The summed E-state index contributed by atoms with van der Waals surface area (Å²) < 4.78 is 18.7. The zero-order valence-corrected chi connectivity index (χ0v) is 13.9. The largest absolute Gasteiger partial charge is 0.370 e. The average molecular weight is 331 g/mol. The van der Waals surface area contributed by atoms with E-state index in [-0.39, 0.29) is 30.2 Å². The molecule has 6 heteroatoms. The van der Waals surface area contributed by atoms with E-state index in [2.05, 4.69) is 0 Å². The van der Waals surface area contributed by atoms with E-state index in [0.29, 0.717) is 26.1 Å². The molecule has 1 saturated heterocycles. The van der Waals surface area contributed by atoms with Gasteiger partial charge < -0.3 is 15.4 Å². The molecule has 1 aliphatic heterocycles. The van der Waals surface area contributed by atoms with Crippen LogP contribution in [-0.2, 0) is 9.53 Å². The van der Waals surface area contributed by atoms with E-state index in [4.69, 9.17) is 10.5 Å². The van der Waals surface area contributed by atoms with Crippen molar-refractivity contribution in [2.75, 3.05) is 19.7 Å². The van der Waals surface area contributed by atoms with Gasteiger partial charge in [-0.15, -0.1) is 12.4 Å². The van der Waals surface area contributed by atoms with Gasteiger partial charge in [0.05, 0.1) is 18.7 Å². The van der Waals surface area contributed by atoms with Crippen LogP contribution in [-0.4, -0.2) is 36.0 Å². The van der Waals surface area contributed by atoms with Crippen LogP contribution >= 0.6 is 12.4 Å². The van der Waals surface area contributed by atoms with E-state index in [9.17, 15) is 9.18 Å². The van der Waals surface area contributed by atoms with Crippen molar-refractivity contribution in [2.45, 2.75) is 38.3 Å². The van der Waals surface area contributed by atoms with Gasteiger partial charge in [0.15, 0.2) is 0 Å². The van der Waals surface area contributed by atoms with Gasteiger partial charge in [0.2, 0.25) is 5.91 Å². The van der Waals surface area contributed by atoms with E-state index < -0.39 is 5.54 Å². The van der Waals surface area contributed by atoms with Gasteiger partial charge in [0, 0.05) is 6.54 Å². The zero-order chi connectivity index (χ0) is 15.5. The van der Waals surface area contributed by atoms with Crippen molar-refractivity contribution < 1.29 is 13.9 Å². The molecule has 2 unspecified atom stereocenters. The molecular formula is C16H24ClFN2O2. The molecule has 1 heterocycles. The monoisotopic (exact) mass is 330 g/mol. The topological polar surface area (TPSA) is 55.6 Å². The fourth-order valence-electron chi connectivity index (χ4n) is 2.70. The lowest BCUT2D eigenvalue weighted by Gasteiger charge is -2.37. The van der Waals surface area contributed by atoms with Gasteiger partial charge >= 0.3 is 0 Å². The molecule has 0 aromatic heterocycles. The van der Waals surface area contributed by atoms with Gasteiger partial charge in [-0.05, 0) is 31.0 Å². The van der Waals surface area contributed by atoms with Crippen LogP contribution < -0.4 is 5.73 Å². The maximum absolute atomic E-state index is 13.0. The zero-order valence-electron chi connectivity index (χ0n) is 13.0. The molecule has 0 saturated carbocycles. The standard InChI is InChI=1S/C16H23FN2O2.ClH/c1-3-8-16(2,18)15(20)19-9-10-21-14(11-19)12-4-6-13(17)7-5-12;/h4-7,14H,3,8-11,18H2,1-2H3;1H. The smallest absolute Gasteiger partial charge is 0.242 e. The maximum Gasteiger partial charge on any atom is 0.242 e. The average Bonchev–Trinajstić information content (AvgIpc) is 2.47. The predicted molar refractivity (Wildman–Crippen MR) is 86.4 cm³/mol. The van der Waals surface area contributed by atoms with Crippen LogP contribution in [0.25, 0.3) is 0 Å². The quantitative estimate of drug-likeness (QED) is 0.923. The number of rotatable bonds is 4. The van der Waals surface area contributed by atoms with Crippen LogP contribution in [0.2, 0.25) is 0 Å². The highest BCUT2D eigenvalue weighted by atomic mass is 35.5. The van der Waals surface area contributed by atoms with E-state index >= 15 is 0 Å². The Labute approximate surface area is 137 Å². The van der Waals surface area contributed by atoms with Crippen molar-refractivity contribution >= 4 is 18.3 Å². The number of ether oxygens (including phenoxy) is 1. The Balaban J connectivity index is 0.00000242. The number of halogens is 2. The molecule has 0 radical (unpaired) electrons. The predicted octanol–water partition coefficient (Wildman–Crippen LogP) is 2.66. The fourth-order valence-corrected chi connectivity index (χ4v) is 2.70. The van der Waals surface area contributed by atoms with Gasteiger partial charge in [-0.2, -0.15) is 0 Å². The first kappa shape index (κ1) is 18.9. The molecule has 2 atom stereocenters. The molecule has 2 N–H and O–H groups in total. The van der Waals surface area contributed by atoms with Crippen LogP contribution in [0, 0.1) is 5.82 Å². The Bertz CT molecular complexity index is 493. The molecule has 1 aliphatic rings. The van der Waals surface area contributed by atoms with Crippen molar-refractivity contribution in [1.29, 1.82) is 0 Å². The summed E-state index contributed by atoms with van der Waals surface area (Å²) in [5, 5.41) is 0. The molecule has 124 valence electrons. The normalized spacial score (nSPS) is 20.9. The van der Waals surface area contributed by atoms with Crippen molar-refractivity contribution in [2.24, 2.45) is 5.73 Å². The second-order valence-corrected chi connectivity index (χ2v) is 5.83. The van der Waals surface area contributed by atoms with Gasteiger partial charge in [0.1, 0.15) is 11.9 Å². The highest BCUT2D eigenvalue weighted by Crippen LogP contribution is 2.24. The molecule has 0 bridgehead atoms. The van der Waals surface area contributed by atoms with E-state index in [1.165, 1.54) is 12.1 Å². The molecule has 1 aromatic carbocycles. The molecule has 2 rings (SSSR count). The number of morpholine rings is 1. The summed E-state index contributed by atoms with van der Waals surface area (Å²) in [6.07, 6.45) is 1.30. The number of amides is 1. The number of hydrogen-bond donors (Lipinski definition) is 1. The minimum Gasteiger partial charge on any atom is -0.370 e. The molecule has 1 aromatic rings. The second-order valence-electron chi connectivity index (χ2n) is 5.83. The number of carbonyl (C=O) groups excluding carboxylic acids is 1. The summed E-state index contributed by atoms with van der Waals surface area (Å²) in [6.45, 7) is 5.27. The molecular weight excluding hydrogens is 307 g/mol. The Morgan fingerprint density at radius 1 is 1.45 bits per heavy atom. The summed E-state index contributed by atoms with van der Waals surface area (Å²) in [6, 6.07) is 6.20. The summed E-state index contributed by atoms with van der Waals surface area (Å²) in [5.74, 6) is -0.320. The lowest BCUT2D eigenvalue weighted by Crippen LogP contribution is -2.56. The fraction of sp³-hybridized carbons (Fsp3) is 0.562. The van der Waals surface area contributed by atoms with E-state index in [0.717, 1.165) is 12.0 Å². The van der Waals surface area contributed by atoms with Crippen molar-refractivity contribution in [3.05, 3.63) is 35.6 Å². The first-order valence-corrected chi connectivity index (χ1v) is 7.39. The third-order valence-electron chi connectivity index (χ3n) is 3.85. The summed E-state index contributed by atoms with van der Waals surface area (Å²) in [5.41, 5.74) is 6.17. The van der Waals surface area contributed by atoms with E-state index in [1.54, 1.807) is 24.0 Å². The second kappa shape index (κ2) is 7.90. The molecule has 1 amide bonds. The minimum atomic E-state index is -0.834. The SMILES string of the molecule is CCCC(C)(N)C(=O)N1CCOC(c2ccc(F)cc2)C1.Cl. The van der Waals surface area contributed by atoms with Crippen molar-refractivity contribution in [1.82, 2.24) is 4.90 Å². The van der Waals surface area contributed by atoms with Gasteiger partial charge in [-0.1, -0.05) is 25.5 Å². The van der Waals surface area contributed by atoms with Crippen LogP contribution in [0.1, 0.15) is 38.4 Å². The Morgan fingerprint density at radius 3 is 2.68 bits per heavy atom. The number of nitrogens with two attached hydrogens (primary N) is 1. The Kier molecular flexibility index (Phi) is 6.78. The molecule has 1 fully saturated rings. The number of carbonyl (C=O) groups is 1. The molecule has 0 aliphatic carbocycles. The van der Waals surface area contributed by atoms with Crippen LogP contribution in [0.15, 0.2) is 24.3 Å². The van der Waals surface area contributed by atoms with Gasteiger partial charge in [0.25, 0.3) is 0 Å². The summed E-state index contributed by atoms with van der Waals surface area (Å²) in [4.78, 5) is 14.3. The first-order valence-electron chi connectivity index (χ1n) is 7.39. The Morgan fingerprint density at radius 2 is 2.09 bits per heavy atom. The first-order chi connectivity index (χ1) is 9.94.